The van der Waals surface area contributed by atoms with Crippen molar-refractivity contribution in [1.82, 2.24) is 0 Å². The molecule has 0 aliphatic carbocycles. The van der Waals surface area contributed by atoms with Crippen molar-refractivity contribution in [2.45, 2.75) is 13.0 Å². The summed E-state index contributed by atoms with van der Waals surface area (Å²) in [7, 11) is 1.61. The maximum absolute atomic E-state index is 13.3. The van der Waals surface area contributed by atoms with Crippen LogP contribution in [0.4, 0.5) is 4.39 Å². The highest BCUT2D eigenvalue weighted by atomic mass is 79.9. The van der Waals surface area contributed by atoms with Gasteiger partial charge >= 0.3 is 0 Å². The highest BCUT2D eigenvalue weighted by Gasteiger charge is 2.15. The van der Waals surface area contributed by atoms with Crippen molar-refractivity contribution in [3.05, 3.63) is 63.4 Å². The highest BCUT2D eigenvalue weighted by Crippen LogP contribution is 2.31. The summed E-state index contributed by atoms with van der Waals surface area (Å²) in [6, 6.07) is 10.2. The molecule has 2 N–H and O–H groups in total. The number of nitrogens with two attached hydrogens (primary N) is 1. The number of benzene rings is 2. The van der Waals surface area contributed by atoms with Crippen LogP contribution >= 0.6 is 15.9 Å². The van der Waals surface area contributed by atoms with Crippen LogP contribution in [0.1, 0.15) is 22.7 Å². The van der Waals surface area contributed by atoms with Gasteiger partial charge in [0.05, 0.1) is 13.2 Å². The molecule has 2 nitrogen and oxygen atoms in total. The molecular formula is C15H15BrFNO. The summed E-state index contributed by atoms with van der Waals surface area (Å²) < 4.78 is 19.6. The van der Waals surface area contributed by atoms with E-state index in [0.29, 0.717) is 5.56 Å². The Bertz CT molecular complexity index is 601. The molecule has 100 valence electrons. The Balaban J connectivity index is 2.45. The van der Waals surface area contributed by atoms with Gasteiger partial charge in [-0.2, -0.15) is 0 Å². The third kappa shape index (κ3) is 2.96. The van der Waals surface area contributed by atoms with E-state index in [1.165, 1.54) is 6.07 Å². The van der Waals surface area contributed by atoms with Crippen molar-refractivity contribution in [1.29, 1.82) is 0 Å². The Labute approximate surface area is 120 Å². The highest BCUT2D eigenvalue weighted by molar-refractivity contribution is 9.10. The SMILES string of the molecule is COc1ccc(Br)cc1C(N)c1ccc(F)c(C)c1. The average Bonchev–Trinajstić information content (AvgIpc) is 2.41. The zero-order valence-electron chi connectivity index (χ0n) is 10.8. The topological polar surface area (TPSA) is 35.2 Å². The van der Waals surface area contributed by atoms with Crippen LogP contribution in [0.25, 0.3) is 0 Å². The van der Waals surface area contributed by atoms with Crippen molar-refractivity contribution in [2.75, 3.05) is 7.11 Å². The van der Waals surface area contributed by atoms with Crippen LogP contribution in [-0.4, -0.2) is 7.11 Å². The van der Waals surface area contributed by atoms with Gasteiger partial charge in [-0.15, -0.1) is 0 Å². The lowest BCUT2D eigenvalue weighted by molar-refractivity contribution is 0.407. The number of aryl methyl sites for hydroxylation is 1. The summed E-state index contributed by atoms with van der Waals surface area (Å²) in [5, 5.41) is 0. The Kier molecular flexibility index (Phi) is 4.22. The maximum atomic E-state index is 13.3. The van der Waals surface area contributed by atoms with Crippen molar-refractivity contribution < 1.29 is 9.13 Å². The fourth-order valence-electron chi connectivity index (χ4n) is 1.99. The molecule has 0 bridgehead atoms. The molecule has 2 aromatic rings. The molecule has 1 unspecified atom stereocenters. The van der Waals surface area contributed by atoms with Crippen molar-refractivity contribution in [3.8, 4) is 5.75 Å². The van der Waals surface area contributed by atoms with E-state index in [1.807, 2.05) is 18.2 Å². The summed E-state index contributed by atoms with van der Waals surface area (Å²) in [5.41, 5.74) is 8.56. The van der Waals surface area contributed by atoms with E-state index in [9.17, 15) is 4.39 Å². The van der Waals surface area contributed by atoms with E-state index in [1.54, 1.807) is 26.2 Å². The second-order valence-electron chi connectivity index (χ2n) is 4.37. The Morgan fingerprint density at radius 3 is 2.58 bits per heavy atom. The van der Waals surface area contributed by atoms with Gasteiger partial charge in [-0.1, -0.05) is 28.1 Å². The minimum absolute atomic E-state index is 0.225. The Morgan fingerprint density at radius 2 is 1.95 bits per heavy atom. The summed E-state index contributed by atoms with van der Waals surface area (Å²) >= 11 is 3.42. The van der Waals surface area contributed by atoms with Gasteiger partial charge in [0.2, 0.25) is 0 Å². The Hall–Kier alpha value is -1.39. The van der Waals surface area contributed by atoms with Gasteiger partial charge in [0.15, 0.2) is 0 Å². The smallest absolute Gasteiger partial charge is 0.126 e. The monoisotopic (exact) mass is 323 g/mol. The molecule has 0 saturated heterocycles. The van der Waals surface area contributed by atoms with Crippen LogP contribution in [0.2, 0.25) is 0 Å². The van der Waals surface area contributed by atoms with Crippen LogP contribution in [0, 0.1) is 12.7 Å². The van der Waals surface area contributed by atoms with Crippen LogP contribution < -0.4 is 10.5 Å². The lowest BCUT2D eigenvalue weighted by Crippen LogP contribution is -2.13. The van der Waals surface area contributed by atoms with Crippen LogP contribution in [-0.2, 0) is 0 Å². The predicted molar refractivity (Wildman–Crippen MR) is 77.9 cm³/mol. The summed E-state index contributed by atoms with van der Waals surface area (Å²) in [6.45, 7) is 1.73. The molecule has 0 aliphatic heterocycles. The predicted octanol–water partition coefficient (Wildman–Crippen LogP) is 3.95. The van der Waals surface area contributed by atoms with Gasteiger partial charge in [0.1, 0.15) is 11.6 Å². The van der Waals surface area contributed by atoms with Crippen molar-refractivity contribution in [3.63, 3.8) is 0 Å². The number of ether oxygens (including phenoxy) is 1. The lowest BCUT2D eigenvalue weighted by atomic mass is 9.97. The maximum Gasteiger partial charge on any atom is 0.126 e. The third-order valence-electron chi connectivity index (χ3n) is 3.07. The van der Waals surface area contributed by atoms with Gasteiger partial charge in [0.25, 0.3) is 0 Å². The molecular weight excluding hydrogens is 309 g/mol. The molecule has 2 rings (SSSR count). The third-order valence-corrected chi connectivity index (χ3v) is 3.56. The molecule has 0 radical (unpaired) electrons. The number of halogens is 2. The molecule has 0 spiro atoms. The standard InChI is InChI=1S/C15H15BrFNO/c1-9-7-10(3-5-13(9)17)15(18)12-8-11(16)4-6-14(12)19-2/h3-8,15H,18H2,1-2H3. The van der Waals surface area contributed by atoms with E-state index in [-0.39, 0.29) is 11.9 Å². The molecule has 0 aliphatic rings. The molecule has 0 aromatic heterocycles. The molecule has 4 heteroatoms. The number of hydrogen-bond donors (Lipinski definition) is 1. The minimum atomic E-state index is -0.355. The molecule has 1 atom stereocenters. The normalized spacial score (nSPS) is 12.3. The quantitative estimate of drug-likeness (QED) is 0.928. The van der Waals surface area contributed by atoms with Gasteiger partial charge in [-0.25, -0.2) is 4.39 Å². The fourth-order valence-corrected chi connectivity index (χ4v) is 2.37. The number of methoxy groups -OCH3 is 1. The molecule has 0 amide bonds. The summed E-state index contributed by atoms with van der Waals surface area (Å²) in [4.78, 5) is 0. The average molecular weight is 324 g/mol. The van der Waals surface area contributed by atoms with E-state index in [0.717, 1.165) is 21.3 Å². The molecule has 19 heavy (non-hydrogen) atoms. The Morgan fingerprint density at radius 1 is 1.21 bits per heavy atom. The van der Waals surface area contributed by atoms with Crippen LogP contribution in [0.3, 0.4) is 0 Å². The van der Waals surface area contributed by atoms with E-state index >= 15 is 0 Å². The lowest BCUT2D eigenvalue weighted by Gasteiger charge is -2.17. The van der Waals surface area contributed by atoms with Crippen molar-refractivity contribution >= 4 is 15.9 Å². The first-order chi connectivity index (χ1) is 9.02. The van der Waals surface area contributed by atoms with Gasteiger partial charge < -0.3 is 10.5 Å². The first-order valence-corrected chi connectivity index (χ1v) is 6.67. The van der Waals surface area contributed by atoms with Crippen LogP contribution in [0.5, 0.6) is 5.75 Å². The fraction of sp³-hybridized carbons (Fsp3) is 0.200. The largest absolute Gasteiger partial charge is 0.496 e. The summed E-state index contributed by atoms with van der Waals surface area (Å²) in [5.74, 6) is 0.495. The molecule has 0 saturated carbocycles. The number of hydrogen-bond acceptors (Lipinski definition) is 2. The van der Waals surface area contributed by atoms with E-state index in [2.05, 4.69) is 15.9 Å². The van der Waals surface area contributed by atoms with Crippen LogP contribution in [0.15, 0.2) is 40.9 Å². The van der Waals surface area contributed by atoms with E-state index in [4.69, 9.17) is 10.5 Å². The van der Waals surface area contributed by atoms with Gasteiger partial charge in [0, 0.05) is 10.0 Å². The molecule has 0 heterocycles. The first-order valence-electron chi connectivity index (χ1n) is 5.88. The second kappa shape index (κ2) is 5.72. The van der Waals surface area contributed by atoms with E-state index < -0.39 is 0 Å². The minimum Gasteiger partial charge on any atom is -0.496 e. The number of rotatable bonds is 3. The van der Waals surface area contributed by atoms with Gasteiger partial charge in [-0.3, -0.25) is 0 Å². The second-order valence-corrected chi connectivity index (χ2v) is 5.29. The molecule has 0 fully saturated rings. The van der Waals surface area contributed by atoms with Crippen molar-refractivity contribution in [2.24, 2.45) is 5.73 Å². The zero-order chi connectivity index (χ0) is 14.0. The summed E-state index contributed by atoms with van der Waals surface area (Å²) in [6.07, 6.45) is 0. The first kappa shape index (κ1) is 14.0. The zero-order valence-corrected chi connectivity index (χ0v) is 12.4. The molecule has 2 aromatic carbocycles. The van der Waals surface area contributed by atoms with Gasteiger partial charge in [-0.05, 0) is 42.3 Å².